The molecule has 4 heteroatoms. The molecule has 0 radical (unpaired) electrons. The van der Waals surface area contributed by atoms with E-state index in [0.717, 1.165) is 19.5 Å². The summed E-state index contributed by atoms with van der Waals surface area (Å²) in [6.07, 6.45) is 2.78. The van der Waals surface area contributed by atoms with Crippen LogP contribution in [0, 0.1) is 0 Å². The number of hydrogen-bond acceptors (Lipinski definition) is 4. The monoisotopic (exact) mass is 266 g/mol. The lowest BCUT2D eigenvalue weighted by molar-refractivity contribution is 0.113. The number of nitrogens with one attached hydrogen (secondary N) is 1. The van der Waals surface area contributed by atoms with Crippen LogP contribution in [0.15, 0.2) is 11.4 Å². The van der Waals surface area contributed by atoms with Gasteiger partial charge in [-0.1, -0.05) is 0 Å². The second-order valence-corrected chi connectivity index (χ2v) is 6.42. The fraction of sp³-hybridized carbons (Fsp3) is 0.714. The molecule has 2 aliphatic rings. The van der Waals surface area contributed by atoms with Crippen molar-refractivity contribution in [2.45, 2.75) is 38.0 Å². The van der Waals surface area contributed by atoms with Gasteiger partial charge in [0.1, 0.15) is 0 Å². The van der Waals surface area contributed by atoms with Crippen molar-refractivity contribution in [1.82, 2.24) is 10.2 Å². The van der Waals surface area contributed by atoms with Crippen molar-refractivity contribution < 1.29 is 4.74 Å². The third-order valence-electron chi connectivity index (χ3n) is 4.37. The van der Waals surface area contributed by atoms with Crippen LogP contribution in [0.3, 0.4) is 0 Å². The van der Waals surface area contributed by atoms with Crippen molar-refractivity contribution >= 4 is 11.3 Å². The summed E-state index contributed by atoms with van der Waals surface area (Å²) < 4.78 is 5.42. The van der Waals surface area contributed by atoms with Gasteiger partial charge in [0.15, 0.2) is 0 Å². The topological polar surface area (TPSA) is 24.5 Å². The zero-order valence-electron chi connectivity index (χ0n) is 11.2. The van der Waals surface area contributed by atoms with Crippen LogP contribution in [0.5, 0.6) is 0 Å². The minimum absolute atomic E-state index is 0.409. The zero-order chi connectivity index (χ0) is 12.5. The Morgan fingerprint density at radius 3 is 3.22 bits per heavy atom. The summed E-state index contributed by atoms with van der Waals surface area (Å²) >= 11 is 1.92. The van der Waals surface area contributed by atoms with E-state index in [1.54, 1.807) is 10.4 Å². The molecule has 18 heavy (non-hydrogen) atoms. The van der Waals surface area contributed by atoms with E-state index >= 15 is 0 Å². The Bertz CT molecular complexity index is 406. The van der Waals surface area contributed by atoms with Crippen LogP contribution in [0.25, 0.3) is 0 Å². The third-order valence-corrected chi connectivity index (χ3v) is 5.37. The van der Waals surface area contributed by atoms with E-state index in [4.69, 9.17) is 4.74 Å². The lowest BCUT2D eigenvalue weighted by Crippen LogP contribution is -2.41. The van der Waals surface area contributed by atoms with E-state index in [-0.39, 0.29) is 0 Å². The first-order valence-electron chi connectivity index (χ1n) is 6.84. The second kappa shape index (κ2) is 5.29. The molecular formula is C14H22N2OS. The molecule has 0 amide bonds. The first kappa shape index (κ1) is 12.6. The molecule has 2 aliphatic heterocycles. The van der Waals surface area contributed by atoms with Gasteiger partial charge in [0.05, 0.1) is 6.10 Å². The zero-order valence-corrected chi connectivity index (χ0v) is 12.0. The summed E-state index contributed by atoms with van der Waals surface area (Å²) in [4.78, 5) is 4.21. The van der Waals surface area contributed by atoms with E-state index in [9.17, 15) is 0 Å². The van der Waals surface area contributed by atoms with Gasteiger partial charge in [0, 0.05) is 43.7 Å². The smallest absolute Gasteiger partial charge is 0.0711 e. The van der Waals surface area contributed by atoms with Gasteiger partial charge in [-0.25, -0.2) is 0 Å². The molecule has 1 aromatic rings. The number of nitrogens with zero attached hydrogens (tertiary/aromatic N) is 1. The van der Waals surface area contributed by atoms with Crippen LogP contribution in [0.2, 0.25) is 0 Å². The molecule has 0 bridgehead atoms. The van der Waals surface area contributed by atoms with Crippen molar-refractivity contribution in [3.63, 3.8) is 0 Å². The maximum absolute atomic E-state index is 5.42. The first-order chi connectivity index (χ1) is 8.78. The summed E-state index contributed by atoms with van der Waals surface area (Å²) in [6, 6.07) is 3.47. The number of methoxy groups -OCH3 is 1. The molecule has 0 aliphatic carbocycles. The van der Waals surface area contributed by atoms with Crippen molar-refractivity contribution in [2.75, 3.05) is 26.7 Å². The Hall–Kier alpha value is -0.420. The predicted octanol–water partition coefficient (Wildman–Crippen LogP) is 2.04. The summed E-state index contributed by atoms with van der Waals surface area (Å²) in [5.74, 6) is 0. The van der Waals surface area contributed by atoms with E-state index in [1.807, 2.05) is 18.4 Å². The molecule has 3 unspecified atom stereocenters. The molecule has 3 heterocycles. The normalized spacial score (nSPS) is 32.7. The summed E-state index contributed by atoms with van der Waals surface area (Å²) in [5, 5.41) is 5.81. The molecule has 1 N–H and O–H groups in total. The molecule has 0 saturated carbocycles. The molecule has 1 aromatic heterocycles. The molecule has 1 saturated heterocycles. The molecule has 100 valence electrons. The highest BCUT2D eigenvalue weighted by molar-refractivity contribution is 7.10. The van der Waals surface area contributed by atoms with E-state index in [0.29, 0.717) is 18.2 Å². The number of thiophene rings is 1. The molecule has 1 fully saturated rings. The molecule has 3 nitrogen and oxygen atoms in total. The van der Waals surface area contributed by atoms with Gasteiger partial charge in [-0.15, -0.1) is 11.3 Å². The Morgan fingerprint density at radius 2 is 2.44 bits per heavy atom. The van der Waals surface area contributed by atoms with Gasteiger partial charge in [0.2, 0.25) is 0 Å². The van der Waals surface area contributed by atoms with Crippen LogP contribution in [0.1, 0.15) is 29.8 Å². The third kappa shape index (κ3) is 2.35. The van der Waals surface area contributed by atoms with Gasteiger partial charge in [0.25, 0.3) is 0 Å². The highest BCUT2D eigenvalue weighted by Crippen LogP contribution is 2.33. The minimum Gasteiger partial charge on any atom is -0.380 e. The number of fused-ring (bicyclic) bond motifs is 1. The van der Waals surface area contributed by atoms with Crippen LogP contribution < -0.4 is 5.32 Å². The number of hydrogen-bond donors (Lipinski definition) is 1. The average molecular weight is 266 g/mol. The average Bonchev–Trinajstić information content (AvgIpc) is 3.01. The van der Waals surface area contributed by atoms with Crippen molar-refractivity contribution in [3.8, 4) is 0 Å². The molecule has 3 atom stereocenters. The van der Waals surface area contributed by atoms with Gasteiger partial charge in [-0.3, -0.25) is 4.90 Å². The summed E-state index contributed by atoms with van der Waals surface area (Å²) in [5.41, 5.74) is 1.55. The maximum Gasteiger partial charge on any atom is 0.0711 e. The van der Waals surface area contributed by atoms with E-state index in [1.165, 1.54) is 13.0 Å². The second-order valence-electron chi connectivity index (χ2n) is 5.42. The van der Waals surface area contributed by atoms with Crippen LogP contribution >= 0.6 is 11.3 Å². The van der Waals surface area contributed by atoms with Crippen LogP contribution in [-0.4, -0.2) is 43.8 Å². The largest absolute Gasteiger partial charge is 0.380 e. The van der Waals surface area contributed by atoms with Crippen molar-refractivity contribution in [1.29, 1.82) is 0 Å². The Balaban J connectivity index is 1.62. The number of rotatable bonds is 3. The molecule has 0 aromatic carbocycles. The van der Waals surface area contributed by atoms with Crippen molar-refractivity contribution in [2.24, 2.45) is 0 Å². The van der Waals surface area contributed by atoms with Gasteiger partial charge in [-0.05, 0) is 36.8 Å². The van der Waals surface area contributed by atoms with Gasteiger partial charge < -0.3 is 10.1 Å². The van der Waals surface area contributed by atoms with Crippen LogP contribution in [-0.2, 0) is 11.2 Å². The highest BCUT2D eigenvalue weighted by Gasteiger charge is 2.30. The Kier molecular flexibility index (Phi) is 3.71. The van der Waals surface area contributed by atoms with E-state index in [2.05, 4.69) is 28.6 Å². The standard InChI is InChI=1S/C14H22N2OS/c1-10-13-4-6-18-14(13)3-5-16(10)9-11-7-12(17-2)8-15-11/h4,6,10-12,15H,3,5,7-9H2,1-2H3. The van der Waals surface area contributed by atoms with Gasteiger partial charge >= 0.3 is 0 Å². The molecule has 0 spiro atoms. The quantitative estimate of drug-likeness (QED) is 0.906. The highest BCUT2D eigenvalue weighted by atomic mass is 32.1. The molecular weight excluding hydrogens is 244 g/mol. The van der Waals surface area contributed by atoms with Crippen molar-refractivity contribution in [3.05, 3.63) is 21.9 Å². The first-order valence-corrected chi connectivity index (χ1v) is 7.72. The molecule has 3 rings (SSSR count). The van der Waals surface area contributed by atoms with E-state index < -0.39 is 0 Å². The SMILES string of the molecule is COC1CNC(CN2CCc3sccc3C2C)C1. The van der Waals surface area contributed by atoms with Gasteiger partial charge in [-0.2, -0.15) is 0 Å². The Labute approximate surface area is 113 Å². The predicted molar refractivity (Wildman–Crippen MR) is 75.2 cm³/mol. The lowest BCUT2D eigenvalue weighted by Gasteiger charge is -2.35. The Morgan fingerprint density at radius 1 is 1.56 bits per heavy atom. The van der Waals surface area contributed by atoms with Crippen LogP contribution in [0.4, 0.5) is 0 Å². The summed E-state index contributed by atoms with van der Waals surface area (Å²) in [6.45, 7) is 5.70. The maximum atomic E-state index is 5.42. The number of ether oxygens (including phenoxy) is 1. The fourth-order valence-electron chi connectivity index (χ4n) is 3.19. The minimum atomic E-state index is 0.409. The summed E-state index contributed by atoms with van der Waals surface area (Å²) in [7, 11) is 1.82. The fourth-order valence-corrected chi connectivity index (χ4v) is 4.16. The lowest BCUT2D eigenvalue weighted by atomic mass is 10.0.